The topological polar surface area (TPSA) is 73.7 Å². The van der Waals surface area contributed by atoms with Gasteiger partial charge in [-0.1, -0.05) is 48.0 Å². The van der Waals surface area contributed by atoms with Crippen molar-refractivity contribution >= 4 is 35.0 Å². The summed E-state index contributed by atoms with van der Waals surface area (Å²) in [5, 5.41) is 20.3. The lowest BCUT2D eigenvalue weighted by atomic mass is 9.91. The molecule has 0 aliphatic carbocycles. The quantitative estimate of drug-likeness (QED) is 0.285. The van der Waals surface area contributed by atoms with E-state index in [-0.39, 0.29) is 29.3 Å². The Morgan fingerprint density at radius 3 is 2.44 bits per heavy atom. The Balaban J connectivity index is 1.40. The monoisotopic (exact) mass is 520 g/mol. The highest BCUT2D eigenvalue weighted by Gasteiger charge is 2.50. The van der Waals surface area contributed by atoms with E-state index in [0.717, 1.165) is 16.8 Å². The van der Waals surface area contributed by atoms with Gasteiger partial charge in [-0.25, -0.2) is 4.39 Å². The van der Waals surface area contributed by atoms with Crippen molar-refractivity contribution in [1.29, 1.82) is 0 Å². The number of anilines is 1. The zero-order valence-corrected chi connectivity index (χ0v) is 20.5. The van der Waals surface area contributed by atoms with Gasteiger partial charge in [0.15, 0.2) is 0 Å². The summed E-state index contributed by atoms with van der Waals surface area (Å²) in [6.07, 6.45) is 2.64. The van der Waals surface area contributed by atoms with Gasteiger partial charge >= 0.3 is 0 Å². The van der Waals surface area contributed by atoms with Gasteiger partial charge in [-0.15, -0.1) is 11.8 Å². The Hall–Kier alpha value is -3.39. The van der Waals surface area contributed by atoms with Crippen molar-refractivity contribution in [3.05, 3.63) is 113 Å². The SMILES string of the molecule is O=C1[C@H](SC[C@@H](O)c2ccc(F)cc2)[C@@H](c2ccc(O)cc2Cl)N1c1ccc(-c2cccnc2)cc1. The van der Waals surface area contributed by atoms with Crippen LogP contribution < -0.4 is 4.90 Å². The van der Waals surface area contributed by atoms with E-state index in [4.69, 9.17) is 11.6 Å². The zero-order valence-electron chi connectivity index (χ0n) is 19.0. The van der Waals surface area contributed by atoms with Crippen molar-refractivity contribution in [1.82, 2.24) is 4.98 Å². The number of β-lactam (4-membered cyclic amide) rings is 1. The molecule has 36 heavy (non-hydrogen) atoms. The van der Waals surface area contributed by atoms with Crippen LogP contribution in [0.25, 0.3) is 11.1 Å². The second-order valence-corrected chi connectivity index (χ2v) is 10.1. The van der Waals surface area contributed by atoms with E-state index in [1.54, 1.807) is 29.4 Å². The number of phenols is 1. The summed E-state index contributed by atoms with van der Waals surface area (Å²) < 4.78 is 13.2. The molecular weight excluding hydrogens is 499 g/mol. The van der Waals surface area contributed by atoms with Crippen LogP contribution in [0, 0.1) is 5.82 Å². The largest absolute Gasteiger partial charge is 0.508 e. The first kappa shape index (κ1) is 24.3. The lowest BCUT2D eigenvalue weighted by Gasteiger charge is -2.47. The molecule has 1 saturated heterocycles. The summed E-state index contributed by atoms with van der Waals surface area (Å²) >= 11 is 7.81. The minimum absolute atomic E-state index is 0.0395. The number of carbonyl (C=O) groups is 1. The minimum atomic E-state index is -0.854. The van der Waals surface area contributed by atoms with E-state index in [2.05, 4.69) is 4.98 Å². The van der Waals surface area contributed by atoms with Crippen LogP contribution in [-0.4, -0.2) is 32.1 Å². The maximum atomic E-state index is 13.3. The molecule has 3 atom stereocenters. The van der Waals surface area contributed by atoms with Gasteiger partial charge in [0.05, 0.1) is 12.1 Å². The van der Waals surface area contributed by atoms with Crippen molar-refractivity contribution in [3.8, 4) is 16.9 Å². The van der Waals surface area contributed by atoms with Crippen molar-refractivity contribution < 1.29 is 19.4 Å². The summed E-state index contributed by atoms with van der Waals surface area (Å²) in [5.41, 5.74) is 3.96. The number of nitrogens with zero attached hydrogens (tertiary/aromatic N) is 2. The highest BCUT2D eigenvalue weighted by atomic mass is 35.5. The average Bonchev–Trinajstić information content (AvgIpc) is 2.89. The normalized spacial score (nSPS) is 18.1. The molecule has 1 aliphatic heterocycles. The van der Waals surface area contributed by atoms with Crippen LogP contribution in [0.5, 0.6) is 5.75 Å². The molecule has 1 aliphatic rings. The zero-order chi connectivity index (χ0) is 25.2. The van der Waals surface area contributed by atoms with E-state index in [1.807, 2.05) is 36.4 Å². The summed E-state index contributed by atoms with van der Waals surface area (Å²) in [5.74, 6) is -0.186. The number of aromatic hydroxyl groups is 1. The van der Waals surface area contributed by atoms with Crippen molar-refractivity contribution in [2.45, 2.75) is 17.4 Å². The maximum Gasteiger partial charge on any atom is 0.243 e. The highest BCUT2D eigenvalue weighted by Crippen LogP contribution is 2.48. The Morgan fingerprint density at radius 2 is 1.78 bits per heavy atom. The molecule has 0 spiro atoms. The number of pyridine rings is 1. The number of amides is 1. The van der Waals surface area contributed by atoms with Gasteiger partial charge in [-0.05, 0) is 64.7 Å². The molecule has 0 bridgehead atoms. The third-order valence-electron chi connectivity index (χ3n) is 6.18. The number of phenolic OH excluding ortho intramolecular Hbond substituents is 1. The molecular formula is C28H22ClFN2O3S. The molecule has 0 unspecified atom stereocenters. The first-order valence-electron chi connectivity index (χ1n) is 11.3. The summed E-state index contributed by atoms with van der Waals surface area (Å²) in [6, 6.07) is 21.5. The fourth-order valence-corrected chi connectivity index (χ4v) is 5.87. The standard InChI is InChI=1S/C28H22ClFN2O3S/c29-24-14-22(33)11-12-23(24)26-27(36-16-25(34)18-3-7-20(30)8-4-18)28(35)32(26)21-9-5-17(6-10-21)19-2-1-13-31-15-19/h1-15,25-27,33-34H,16H2/t25-,26-,27-/m1/s1. The van der Waals surface area contributed by atoms with Crippen LogP contribution in [0.15, 0.2) is 91.3 Å². The Morgan fingerprint density at radius 1 is 1.03 bits per heavy atom. The van der Waals surface area contributed by atoms with Crippen LogP contribution >= 0.6 is 23.4 Å². The Kier molecular flexibility index (Phi) is 6.96. The summed E-state index contributed by atoms with van der Waals surface area (Å²) in [7, 11) is 0. The summed E-state index contributed by atoms with van der Waals surface area (Å²) in [4.78, 5) is 19.2. The number of aromatic nitrogens is 1. The van der Waals surface area contributed by atoms with Gasteiger partial charge in [-0.2, -0.15) is 0 Å². The van der Waals surface area contributed by atoms with Gasteiger partial charge in [0.25, 0.3) is 0 Å². The Bertz CT molecular complexity index is 1370. The molecule has 2 heterocycles. The van der Waals surface area contributed by atoms with E-state index >= 15 is 0 Å². The Labute approximate surface area is 217 Å². The van der Waals surface area contributed by atoms with Crippen LogP contribution in [0.4, 0.5) is 10.1 Å². The lowest BCUT2D eigenvalue weighted by molar-refractivity contribution is -0.123. The van der Waals surface area contributed by atoms with Gasteiger partial charge < -0.3 is 15.1 Å². The fraction of sp³-hybridized carbons (Fsp3) is 0.143. The number of benzene rings is 3. The average molecular weight is 521 g/mol. The minimum Gasteiger partial charge on any atom is -0.508 e. The summed E-state index contributed by atoms with van der Waals surface area (Å²) in [6.45, 7) is 0. The van der Waals surface area contributed by atoms with Gasteiger partial charge in [0.1, 0.15) is 16.8 Å². The van der Waals surface area contributed by atoms with Crippen LogP contribution in [-0.2, 0) is 4.79 Å². The number of carbonyl (C=O) groups excluding carboxylic acids is 1. The van der Waals surface area contributed by atoms with E-state index in [0.29, 0.717) is 16.1 Å². The number of halogens is 2. The number of thioether (sulfide) groups is 1. The molecule has 0 radical (unpaired) electrons. The van der Waals surface area contributed by atoms with E-state index < -0.39 is 11.4 Å². The molecule has 8 heteroatoms. The lowest BCUT2D eigenvalue weighted by Crippen LogP contribution is -2.58. The highest BCUT2D eigenvalue weighted by molar-refractivity contribution is 8.00. The van der Waals surface area contributed by atoms with Crippen LogP contribution in [0.3, 0.4) is 0 Å². The van der Waals surface area contributed by atoms with Gasteiger partial charge in [0, 0.05) is 28.9 Å². The number of rotatable bonds is 7. The van der Waals surface area contributed by atoms with Crippen molar-refractivity contribution in [3.63, 3.8) is 0 Å². The second kappa shape index (κ2) is 10.3. The number of hydrogen-bond donors (Lipinski definition) is 2. The van der Waals surface area contributed by atoms with Crippen LogP contribution in [0.2, 0.25) is 5.02 Å². The molecule has 1 aromatic heterocycles. The smallest absolute Gasteiger partial charge is 0.243 e. The van der Waals surface area contributed by atoms with Crippen molar-refractivity contribution in [2.75, 3.05) is 10.7 Å². The molecule has 3 aromatic carbocycles. The number of aliphatic hydroxyl groups is 1. The van der Waals surface area contributed by atoms with Gasteiger partial charge in [-0.3, -0.25) is 9.78 Å². The van der Waals surface area contributed by atoms with Crippen molar-refractivity contribution in [2.24, 2.45) is 0 Å². The number of aliphatic hydroxyl groups excluding tert-OH is 1. The fourth-order valence-electron chi connectivity index (χ4n) is 4.29. The van der Waals surface area contributed by atoms with E-state index in [1.165, 1.54) is 42.1 Å². The van der Waals surface area contributed by atoms with E-state index in [9.17, 15) is 19.4 Å². The second-order valence-electron chi connectivity index (χ2n) is 8.47. The molecule has 5 nitrogen and oxygen atoms in total. The third kappa shape index (κ3) is 4.82. The predicted octanol–water partition coefficient (Wildman–Crippen LogP) is 6.17. The number of hydrogen-bond acceptors (Lipinski definition) is 5. The molecule has 5 rings (SSSR count). The van der Waals surface area contributed by atoms with Crippen LogP contribution in [0.1, 0.15) is 23.3 Å². The maximum absolute atomic E-state index is 13.3. The first-order chi connectivity index (χ1) is 17.4. The molecule has 4 aromatic rings. The molecule has 1 fully saturated rings. The van der Waals surface area contributed by atoms with Gasteiger partial charge in [0.2, 0.25) is 5.91 Å². The molecule has 1 amide bonds. The molecule has 2 N–H and O–H groups in total. The first-order valence-corrected chi connectivity index (χ1v) is 12.7. The predicted molar refractivity (Wildman–Crippen MR) is 141 cm³/mol. The molecule has 0 saturated carbocycles. The third-order valence-corrected chi connectivity index (χ3v) is 7.83. The molecule has 182 valence electrons.